The van der Waals surface area contributed by atoms with Crippen molar-refractivity contribution in [2.75, 3.05) is 20.2 Å². The smallest absolute Gasteiger partial charge is 0.246 e. The fourth-order valence-corrected chi connectivity index (χ4v) is 6.44. The highest BCUT2D eigenvalue weighted by molar-refractivity contribution is 5.99. The number of carbonyl (C=O) groups is 3. The summed E-state index contributed by atoms with van der Waals surface area (Å²) in [6, 6.07) is 8.92. The topological polar surface area (TPSA) is 108 Å². The fourth-order valence-electron chi connectivity index (χ4n) is 6.44. The first kappa shape index (κ1) is 24.7. The summed E-state index contributed by atoms with van der Waals surface area (Å²) in [6.45, 7) is 2.95. The summed E-state index contributed by atoms with van der Waals surface area (Å²) in [5.41, 5.74) is -0.698. The van der Waals surface area contributed by atoms with Crippen molar-refractivity contribution in [3.8, 4) is 0 Å². The summed E-state index contributed by atoms with van der Waals surface area (Å²) in [7, 11) is 1.59. The molecule has 3 fully saturated rings. The molecule has 3 saturated heterocycles. The molecule has 1 spiro atoms. The SMILES string of the molecule is CC[C@@]12CCC3(O1)C(C(=O)NCc1ccccc1)N(CCCCCCO)C(=O)[C@@H]3[C@@H]2C(=O)NC. The van der Waals surface area contributed by atoms with Gasteiger partial charge < -0.3 is 25.4 Å². The monoisotopic (exact) mass is 471 g/mol. The Morgan fingerprint density at radius 1 is 1.12 bits per heavy atom. The maximum absolute atomic E-state index is 13.8. The second kappa shape index (κ2) is 10.0. The Morgan fingerprint density at radius 2 is 1.85 bits per heavy atom. The number of rotatable bonds is 11. The lowest BCUT2D eigenvalue weighted by Crippen LogP contribution is -2.55. The number of carbonyl (C=O) groups excluding carboxylic acids is 3. The second-order valence-electron chi connectivity index (χ2n) is 9.82. The third-order valence-electron chi connectivity index (χ3n) is 8.07. The number of aliphatic hydroxyl groups excluding tert-OH is 1. The average molecular weight is 472 g/mol. The van der Waals surface area contributed by atoms with Crippen LogP contribution in [0.4, 0.5) is 0 Å². The number of nitrogens with one attached hydrogen (secondary N) is 2. The molecule has 0 aliphatic carbocycles. The first-order valence-electron chi connectivity index (χ1n) is 12.6. The zero-order valence-electron chi connectivity index (χ0n) is 20.2. The van der Waals surface area contributed by atoms with Crippen LogP contribution in [-0.4, -0.2) is 65.2 Å². The van der Waals surface area contributed by atoms with Gasteiger partial charge in [0.1, 0.15) is 11.6 Å². The number of unbranched alkanes of at least 4 members (excludes halogenated alkanes) is 3. The Balaban J connectivity index is 1.61. The van der Waals surface area contributed by atoms with Crippen molar-refractivity contribution in [1.82, 2.24) is 15.5 Å². The number of amides is 3. The van der Waals surface area contributed by atoms with Crippen LogP contribution in [0, 0.1) is 11.8 Å². The molecule has 8 nitrogen and oxygen atoms in total. The van der Waals surface area contributed by atoms with Crippen LogP contribution < -0.4 is 10.6 Å². The van der Waals surface area contributed by atoms with Crippen molar-refractivity contribution in [2.45, 2.75) is 75.7 Å². The molecule has 3 aliphatic heterocycles. The molecule has 2 bridgehead atoms. The third-order valence-corrected chi connectivity index (χ3v) is 8.07. The van der Waals surface area contributed by atoms with Crippen LogP contribution in [0.5, 0.6) is 0 Å². The normalized spacial score (nSPS) is 31.6. The Labute approximate surface area is 201 Å². The lowest BCUT2D eigenvalue weighted by atomic mass is 9.65. The van der Waals surface area contributed by atoms with Gasteiger partial charge in [-0.3, -0.25) is 14.4 Å². The van der Waals surface area contributed by atoms with Crippen molar-refractivity contribution in [3.63, 3.8) is 0 Å². The molecule has 1 aromatic carbocycles. The summed E-state index contributed by atoms with van der Waals surface area (Å²) in [4.78, 5) is 42.1. The first-order valence-corrected chi connectivity index (χ1v) is 12.6. The molecule has 1 aromatic rings. The van der Waals surface area contributed by atoms with E-state index >= 15 is 0 Å². The maximum Gasteiger partial charge on any atom is 0.246 e. The van der Waals surface area contributed by atoms with Gasteiger partial charge in [-0.25, -0.2) is 0 Å². The highest BCUT2D eigenvalue weighted by atomic mass is 16.5. The number of aliphatic hydroxyl groups is 1. The van der Waals surface area contributed by atoms with E-state index in [0.717, 1.165) is 31.2 Å². The summed E-state index contributed by atoms with van der Waals surface area (Å²) in [5, 5.41) is 14.8. The highest BCUT2D eigenvalue weighted by Gasteiger charge is 2.78. The zero-order chi connectivity index (χ0) is 24.3. The summed E-state index contributed by atoms with van der Waals surface area (Å²) >= 11 is 0. The van der Waals surface area contributed by atoms with Gasteiger partial charge in [0.2, 0.25) is 17.7 Å². The minimum absolute atomic E-state index is 0.148. The quantitative estimate of drug-likeness (QED) is 0.426. The molecule has 8 heteroatoms. The van der Waals surface area contributed by atoms with Crippen LogP contribution in [0.2, 0.25) is 0 Å². The molecule has 0 aromatic heterocycles. The average Bonchev–Trinajstić information content (AvgIpc) is 3.46. The maximum atomic E-state index is 13.8. The van der Waals surface area contributed by atoms with Crippen LogP contribution in [0.15, 0.2) is 30.3 Å². The molecule has 3 aliphatic rings. The van der Waals surface area contributed by atoms with E-state index in [0.29, 0.717) is 32.4 Å². The van der Waals surface area contributed by atoms with E-state index in [1.165, 1.54) is 0 Å². The van der Waals surface area contributed by atoms with E-state index in [9.17, 15) is 14.4 Å². The van der Waals surface area contributed by atoms with E-state index in [1.54, 1.807) is 11.9 Å². The van der Waals surface area contributed by atoms with E-state index in [-0.39, 0.29) is 24.3 Å². The van der Waals surface area contributed by atoms with E-state index in [2.05, 4.69) is 10.6 Å². The first-order chi connectivity index (χ1) is 16.4. The Hall–Kier alpha value is -2.45. The number of hydrogen-bond acceptors (Lipinski definition) is 5. The second-order valence-corrected chi connectivity index (χ2v) is 9.82. The van der Waals surface area contributed by atoms with Crippen molar-refractivity contribution in [2.24, 2.45) is 11.8 Å². The number of hydrogen-bond donors (Lipinski definition) is 3. The number of ether oxygens (including phenoxy) is 1. The van der Waals surface area contributed by atoms with Gasteiger partial charge in [-0.2, -0.15) is 0 Å². The molecule has 0 radical (unpaired) electrons. The Kier molecular flexibility index (Phi) is 7.28. The Bertz CT molecular complexity index is 909. The van der Waals surface area contributed by atoms with Crippen LogP contribution in [0.1, 0.15) is 57.4 Å². The van der Waals surface area contributed by atoms with Gasteiger partial charge in [-0.1, -0.05) is 50.1 Å². The van der Waals surface area contributed by atoms with Crippen molar-refractivity contribution >= 4 is 17.7 Å². The number of benzene rings is 1. The molecule has 34 heavy (non-hydrogen) atoms. The predicted molar refractivity (Wildman–Crippen MR) is 126 cm³/mol. The number of fused-ring (bicyclic) bond motifs is 1. The molecule has 3 amide bonds. The van der Waals surface area contributed by atoms with Crippen LogP contribution >= 0.6 is 0 Å². The van der Waals surface area contributed by atoms with Crippen LogP contribution in [-0.2, 0) is 25.7 Å². The molecule has 4 rings (SSSR count). The van der Waals surface area contributed by atoms with Crippen LogP contribution in [0.3, 0.4) is 0 Å². The van der Waals surface area contributed by atoms with Gasteiger partial charge >= 0.3 is 0 Å². The third kappa shape index (κ3) is 4.01. The minimum atomic E-state index is -0.976. The van der Waals surface area contributed by atoms with Crippen molar-refractivity contribution in [1.29, 1.82) is 0 Å². The van der Waals surface area contributed by atoms with Gasteiger partial charge in [0.25, 0.3) is 0 Å². The van der Waals surface area contributed by atoms with E-state index in [1.807, 2.05) is 37.3 Å². The van der Waals surface area contributed by atoms with Crippen molar-refractivity contribution < 1.29 is 24.2 Å². The standard InChI is InChI=1S/C26H37N3O5/c1-3-25-13-14-26(34-25)20(19(25)22(31)27-2)24(33)29(15-9-4-5-10-16-30)21(26)23(32)28-17-18-11-7-6-8-12-18/h6-8,11-12,19-21,30H,3-5,9-10,13-17H2,1-2H3,(H,27,31)(H,28,32)/t19-,20+,21?,25+,26?/m1/s1. The lowest BCUT2D eigenvalue weighted by Gasteiger charge is -2.33. The molecule has 186 valence electrons. The molecule has 5 atom stereocenters. The highest BCUT2D eigenvalue weighted by Crippen LogP contribution is 2.64. The molecular formula is C26H37N3O5. The minimum Gasteiger partial charge on any atom is -0.396 e. The van der Waals surface area contributed by atoms with E-state index in [4.69, 9.17) is 9.84 Å². The van der Waals surface area contributed by atoms with Gasteiger partial charge in [-0.05, 0) is 37.7 Å². The largest absolute Gasteiger partial charge is 0.396 e. The van der Waals surface area contributed by atoms with Gasteiger partial charge in [0.15, 0.2) is 0 Å². The Morgan fingerprint density at radius 3 is 2.53 bits per heavy atom. The summed E-state index contributed by atoms with van der Waals surface area (Å²) < 4.78 is 6.67. The molecule has 0 saturated carbocycles. The van der Waals surface area contributed by atoms with Gasteiger partial charge in [-0.15, -0.1) is 0 Å². The summed E-state index contributed by atoms with van der Waals surface area (Å²) in [5.74, 6) is -1.79. The fraction of sp³-hybridized carbons (Fsp3) is 0.654. The molecule has 3 N–H and O–H groups in total. The zero-order valence-corrected chi connectivity index (χ0v) is 20.2. The van der Waals surface area contributed by atoms with Crippen LogP contribution in [0.25, 0.3) is 0 Å². The molecular weight excluding hydrogens is 434 g/mol. The number of likely N-dealkylation sites (tertiary alicyclic amines) is 1. The lowest BCUT2D eigenvalue weighted by molar-refractivity contribution is -0.147. The molecule has 2 unspecified atom stereocenters. The van der Waals surface area contributed by atoms with Gasteiger partial charge in [0.05, 0.1) is 17.4 Å². The van der Waals surface area contributed by atoms with Gasteiger partial charge in [0, 0.05) is 26.7 Å². The van der Waals surface area contributed by atoms with E-state index < -0.39 is 29.1 Å². The predicted octanol–water partition coefficient (Wildman–Crippen LogP) is 1.76. The molecule has 3 heterocycles. The summed E-state index contributed by atoms with van der Waals surface area (Å²) in [6.07, 6.45) is 5.07. The van der Waals surface area contributed by atoms with Crippen molar-refractivity contribution in [3.05, 3.63) is 35.9 Å². The number of nitrogens with zero attached hydrogens (tertiary/aromatic N) is 1.